The van der Waals surface area contributed by atoms with Crippen LogP contribution in [0.2, 0.25) is 0 Å². The van der Waals surface area contributed by atoms with Crippen LogP contribution in [-0.2, 0) is 11.2 Å². The molecule has 10 heteroatoms. The van der Waals surface area contributed by atoms with Crippen molar-refractivity contribution in [2.75, 3.05) is 0 Å². The number of alkyl halides is 5. The van der Waals surface area contributed by atoms with Gasteiger partial charge in [-0.2, -0.15) is 5.26 Å². The molecule has 20 heavy (non-hydrogen) atoms. The standard InChI is InChI=1S/C10H5F5N2O3/c11-9(12)5-1-7(20-10(13,14)15)17-6(3-16)4(5)2-8(18)19/h1,9H,2H2,(H,18,19). The Labute approximate surface area is 108 Å². The molecule has 0 saturated carbocycles. The van der Waals surface area contributed by atoms with Crippen LogP contribution in [0.3, 0.4) is 0 Å². The molecule has 0 radical (unpaired) electrons. The van der Waals surface area contributed by atoms with E-state index in [2.05, 4.69) is 9.72 Å². The monoisotopic (exact) mass is 296 g/mol. The van der Waals surface area contributed by atoms with Crippen LogP contribution in [0.5, 0.6) is 5.88 Å². The van der Waals surface area contributed by atoms with Gasteiger partial charge in [0.05, 0.1) is 6.42 Å². The Bertz CT molecular complexity index is 565. The van der Waals surface area contributed by atoms with Gasteiger partial charge in [-0.1, -0.05) is 0 Å². The maximum absolute atomic E-state index is 12.7. The van der Waals surface area contributed by atoms with Crippen molar-refractivity contribution in [2.24, 2.45) is 0 Å². The number of carboxylic acid groups (broad SMARTS) is 1. The number of nitriles is 1. The van der Waals surface area contributed by atoms with Crippen molar-refractivity contribution in [2.45, 2.75) is 19.2 Å². The maximum Gasteiger partial charge on any atom is 0.574 e. The third kappa shape index (κ3) is 4.04. The number of halogens is 5. The molecule has 1 rings (SSSR count). The molecular formula is C10H5F5N2O3. The Morgan fingerprint density at radius 3 is 2.50 bits per heavy atom. The normalized spacial score (nSPS) is 11.2. The molecule has 0 saturated heterocycles. The van der Waals surface area contributed by atoms with E-state index in [9.17, 15) is 26.7 Å². The molecule has 1 heterocycles. The highest BCUT2D eigenvalue weighted by molar-refractivity contribution is 5.72. The van der Waals surface area contributed by atoms with Crippen molar-refractivity contribution >= 4 is 5.97 Å². The van der Waals surface area contributed by atoms with Gasteiger partial charge >= 0.3 is 12.3 Å². The summed E-state index contributed by atoms with van der Waals surface area (Å²) in [6.07, 6.45) is -9.43. The molecule has 0 aliphatic carbocycles. The second-order valence-electron chi connectivity index (χ2n) is 3.41. The minimum absolute atomic E-state index is 0.261. The first-order chi connectivity index (χ1) is 9.14. The molecule has 0 amide bonds. The summed E-state index contributed by atoms with van der Waals surface area (Å²) in [6, 6.07) is 1.53. The fourth-order valence-electron chi connectivity index (χ4n) is 1.36. The number of aromatic nitrogens is 1. The predicted octanol–water partition coefficient (Wildman–Crippen LogP) is 2.42. The summed E-state index contributed by atoms with van der Waals surface area (Å²) in [5.41, 5.74) is -2.55. The molecule has 108 valence electrons. The first kappa shape index (κ1) is 15.6. The van der Waals surface area contributed by atoms with Gasteiger partial charge in [-0.15, -0.1) is 13.2 Å². The van der Waals surface area contributed by atoms with Crippen LogP contribution in [0, 0.1) is 11.3 Å². The number of hydrogen-bond acceptors (Lipinski definition) is 4. The van der Waals surface area contributed by atoms with Gasteiger partial charge in [-0.25, -0.2) is 13.8 Å². The number of ether oxygens (including phenoxy) is 1. The first-order valence-corrected chi connectivity index (χ1v) is 4.83. The molecule has 0 spiro atoms. The van der Waals surface area contributed by atoms with Gasteiger partial charge in [0.25, 0.3) is 6.43 Å². The van der Waals surface area contributed by atoms with Crippen LogP contribution in [0.4, 0.5) is 22.0 Å². The van der Waals surface area contributed by atoms with Crippen molar-refractivity contribution in [3.8, 4) is 11.9 Å². The Kier molecular flexibility index (Phi) is 4.44. The third-order valence-corrected chi connectivity index (χ3v) is 2.02. The molecule has 0 unspecified atom stereocenters. The van der Waals surface area contributed by atoms with Crippen molar-refractivity contribution < 1.29 is 36.6 Å². The van der Waals surface area contributed by atoms with Gasteiger partial charge in [-0.3, -0.25) is 4.79 Å². The van der Waals surface area contributed by atoms with E-state index in [0.717, 1.165) is 0 Å². The number of rotatable bonds is 4. The Balaban J connectivity index is 3.39. The van der Waals surface area contributed by atoms with Crippen LogP contribution >= 0.6 is 0 Å². The number of hydrogen-bond donors (Lipinski definition) is 1. The van der Waals surface area contributed by atoms with Gasteiger partial charge in [0.15, 0.2) is 0 Å². The summed E-state index contributed by atoms with van der Waals surface area (Å²) in [7, 11) is 0. The van der Waals surface area contributed by atoms with Crippen molar-refractivity contribution in [1.29, 1.82) is 5.26 Å². The summed E-state index contributed by atoms with van der Waals surface area (Å²) in [6.45, 7) is 0. The molecular weight excluding hydrogens is 291 g/mol. The van der Waals surface area contributed by atoms with E-state index in [0.29, 0.717) is 0 Å². The van der Waals surface area contributed by atoms with Crippen LogP contribution in [0.25, 0.3) is 0 Å². The van der Waals surface area contributed by atoms with E-state index in [1.807, 2.05) is 0 Å². The fourth-order valence-corrected chi connectivity index (χ4v) is 1.36. The summed E-state index contributed by atoms with van der Waals surface area (Å²) in [4.78, 5) is 13.6. The molecule has 1 aromatic rings. The zero-order chi connectivity index (χ0) is 15.5. The molecule has 0 aliphatic rings. The largest absolute Gasteiger partial charge is 0.574 e. The predicted molar refractivity (Wildman–Crippen MR) is 51.9 cm³/mol. The van der Waals surface area contributed by atoms with E-state index in [4.69, 9.17) is 10.4 Å². The van der Waals surface area contributed by atoms with Crippen LogP contribution < -0.4 is 4.74 Å². The quantitative estimate of drug-likeness (QED) is 0.863. The minimum atomic E-state index is -5.17. The van der Waals surface area contributed by atoms with E-state index in [-0.39, 0.29) is 6.07 Å². The van der Waals surface area contributed by atoms with E-state index in [1.165, 1.54) is 6.07 Å². The molecule has 0 aromatic carbocycles. The van der Waals surface area contributed by atoms with Crippen molar-refractivity contribution in [1.82, 2.24) is 4.98 Å². The average Bonchev–Trinajstić information content (AvgIpc) is 2.27. The minimum Gasteiger partial charge on any atom is -0.481 e. The Morgan fingerprint density at radius 2 is 2.10 bits per heavy atom. The zero-order valence-corrected chi connectivity index (χ0v) is 9.41. The number of nitrogens with zero attached hydrogens (tertiary/aromatic N) is 2. The number of carbonyl (C=O) groups is 1. The lowest BCUT2D eigenvalue weighted by Crippen LogP contribution is -2.19. The third-order valence-electron chi connectivity index (χ3n) is 2.02. The second-order valence-corrected chi connectivity index (χ2v) is 3.41. The molecule has 1 N–H and O–H groups in total. The summed E-state index contributed by atoms with van der Waals surface area (Å²) < 4.78 is 64.8. The lowest BCUT2D eigenvalue weighted by Gasteiger charge is -2.13. The zero-order valence-electron chi connectivity index (χ0n) is 9.41. The van der Waals surface area contributed by atoms with Crippen molar-refractivity contribution in [3.05, 3.63) is 22.9 Å². The maximum atomic E-state index is 12.7. The smallest absolute Gasteiger partial charge is 0.481 e. The summed E-state index contributed by atoms with van der Waals surface area (Å²) >= 11 is 0. The number of carboxylic acids is 1. The van der Waals surface area contributed by atoms with Gasteiger partial charge in [-0.05, 0) is 0 Å². The average molecular weight is 296 g/mol. The Morgan fingerprint density at radius 1 is 1.50 bits per heavy atom. The van der Waals surface area contributed by atoms with Gasteiger partial charge in [0, 0.05) is 17.2 Å². The second kappa shape index (κ2) is 5.68. The number of pyridine rings is 1. The van der Waals surface area contributed by atoms with Crippen LogP contribution in [0.1, 0.15) is 23.2 Å². The van der Waals surface area contributed by atoms with Gasteiger partial charge in [0.2, 0.25) is 5.88 Å². The highest BCUT2D eigenvalue weighted by Crippen LogP contribution is 2.30. The molecule has 5 nitrogen and oxygen atoms in total. The topological polar surface area (TPSA) is 83.2 Å². The fraction of sp³-hybridized carbons (Fsp3) is 0.300. The van der Waals surface area contributed by atoms with E-state index in [1.54, 1.807) is 0 Å². The highest BCUT2D eigenvalue weighted by Gasteiger charge is 2.33. The van der Waals surface area contributed by atoms with E-state index < -0.39 is 47.9 Å². The van der Waals surface area contributed by atoms with Gasteiger partial charge < -0.3 is 9.84 Å². The SMILES string of the molecule is N#Cc1nc(OC(F)(F)F)cc(C(F)F)c1CC(=O)O. The first-order valence-electron chi connectivity index (χ1n) is 4.83. The lowest BCUT2D eigenvalue weighted by atomic mass is 10.0. The van der Waals surface area contributed by atoms with Crippen molar-refractivity contribution in [3.63, 3.8) is 0 Å². The highest BCUT2D eigenvalue weighted by atomic mass is 19.4. The van der Waals surface area contributed by atoms with E-state index >= 15 is 0 Å². The Hall–Kier alpha value is -2.44. The molecule has 0 fully saturated rings. The summed E-state index contributed by atoms with van der Waals surface area (Å²) in [5, 5.41) is 17.2. The molecule has 0 aliphatic heterocycles. The molecule has 0 bridgehead atoms. The van der Waals surface area contributed by atoms with Gasteiger partial charge in [0.1, 0.15) is 11.8 Å². The summed E-state index contributed by atoms with van der Waals surface area (Å²) in [5.74, 6) is -2.78. The lowest BCUT2D eigenvalue weighted by molar-refractivity contribution is -0.276. The molecule has 0 atom stereocenters. The van der Waals surface area contributed by atoms with Crippen LogP contribution in [-0.4, -0.2) is 22.4 Å². The van der Waals surface area contributed by atoms with Crippen LogP contribution in [0.15, 0.2) is 6.07 Å². The molecule has 1 aromatic heterocycles. The number of aliphatic carboxylic acids is 1.